The molecule has 0 fully saturated rings. The third kappa shape index (κ3) is 3.15. The molecule has 0 saturated heterocycles. The van der Waals surface area contributed by atoms with Crippen LogP contribution in [0.3, 0.4) is 0 Å². The molecule has 21 heavy (non-hydrogen) atoms. The third-order valence-corrected chi connectivity index (χ3v) is 3.33. The summed E-state index contributed by atoms with van der Waals surface area (Å²) in [6.07, 6.45) is -2.89. The number of aryl methyl sites for hydroxylation is 1. The van der Waals surface area contributed by atoms with Crippen LogP contribution in [-0.4, -0.2) is 22.8 Å². The largest absolute Gasteiger partial charge is 0.492 e. The summed E-state index contributed by atoms with van der Waals surface area (Å²) in [6, 6.07) is 7.19. The topological polar surface area (TPSA) is 35.0 Å². The first-order chi connectivity index (χ1) is 10.0. The molecule has 1 aromatic heterocycles. The molecule has 0 unspecified atom stereocenters. The molecule has 1 aromatic carbocycles. The summed E-state index contributed by atoms with van der Waals surface area (Å²) in [5.74, 6) is 1.15. The van der Waals surface area contributed by atoms with Crippen LogP contribution in [0.1, 0.15) is 17.7 Å². The smallest absolute Gasteiger partial charge is 0.389 e. The van der Waals surface area contributed by atoms with Crippen LogP contribution >= 0.6 is 0 Å². The molecule has 0 atom stereocenters. The maximum absolute atomic E-state index is 12.3. The van der Waals surface area contributed by atoms with Gasteiger partial charge in [0.25, 0.3) is 0 Å². The molecule has 2 heterocycles. The molecule has 0 N–H and O–H groups in total. The van der Waals surface area contributed by atoms with Crippen molar-refractivity contribution in [2.24, 2.45) is 0 Å². The lowest BCUT2D eigenvalue weighted by Gasteiger charge is -2.09. The first-order valence-corrected chi connectivity index (χ1v) is 6.67. The van der Waals surface area contributed by atoms with Crippen LogP contribution < -0.4 is 4.74 Å². The molecule has 0 spiro atoms. The van der Waals surface area contributed by atoms with Crippen LogP contribution in [0.25, 0.3) is 11.4 Å². The average Bonchev–Trinajstić information content (AvgIpc) is 2.93. The van der Waals surface area contributed by atoms with Gasteiger partial charge in [0.05, 0.1) is 12.2 Å². The molecule has 3 rings (SSSR count). The molecule has 1 aliphatic rings. The number of para-hydroxylation sites is 1. The van der Waals surface area contributed by atoms with E-state index >= 15 is 0 Å². The Labute approximate surface area is 119 Å². The highest BCUT2D eigenvalue weighted by molar-refractivity contribution is 5.67. The zero-order valence-corrected chi connectivity index (χ0v) is 11.2. The zero-order chi connectivity index (χ0) is 14.9. The van der Waals surface area contributed by atoms with Crippen molar-refractivity contribution in [2.45, 2.75) is 25.4 Å². The SMILES string of the molecule is FC(F)(F)CCc1ccnc(-c2cccc3c2OCC3)n1. The van der Waals surface area contributed by atoms with Crippen LogP contribution in [0, 0.1) is 0 Å². The summed E-state index contributed by atoms with van der Waals surface area (Å²) in [4.78, 5) is 8.39. The summed E-state index contributed by atoms with van der Waals surface area (Å²) < 4.78 is 42.4. The van der Waals surface area contributed by atoms with E-state index < -0.39 is 12.6 Å². The van der Waals surface area contributed by atoms with Crippen molar-refractivity contribution in [3.63, 3.8) is 0 Å². The van der Waals surface area contributed by atoms with E-state index in [1.807, 2.05) is 18.2 Å². The Balaban J connectivity index is 1.88. The van der Waals surface area contributed by atoms with E-state index in [-0.39, 0.29) is 6.42 Å². The van der Waals surface area contributed by atoms with Crippen molar-refractivity contribution in [3.8, 4) is 17.1 Å². The fourth-order valence-electron chi connectivity index (χ4n) is 2.33. The fourth-order valence-corrected chi connectivity index (χ4v) is 2.33. The van der Waals surface area contributed by atoms with Gasteiger partial charge in [0.15, 0.2) is 5.82 Å². The van der Waals surface area contributed by atoms with Crippen LogP contribution in [0.5, 0.6) is 5.75 Å². The predicted molar refractivity (Wildman–Crippen MR) is 71.0 cm³/mol. The van der Waals surface area contributed by atoms with Crippen molar-refractivity contribution in [2.75, 3.05) is 6.61 Å². The van der Waals surface area contributed by atoms with Crippen molar-refractivity contribution < 1.29 is 17.9 Å². The highest BCUT2D eigenvalue weighted by Crippen LogP contribution is 2.35. The lowest BCUT2D eigenvalue weighted by molar-refractivity contribution is -0.134. The minimum atomic E-state index is -4.18. The number of nitrogens with zero attached hydrogens (tertiary/aromatic N) is 2. The van der Waals surface area contributed by atoms with Crippen molar-refractivity contribution in [3.05, 3.63) is 41.7 Å². The average molecular weight is 294 g/mol. The number of aromatic nitrogens is 2. The molecule has 0 bridgehead atoms. The lowest BCUT2D eigenvalue weighted by atomic mass is 10.1. The summed E-state index contributed by atoms with van der Waals surface area (Å²) in [5.41, 5.74) is 2.20. The molecule has 3 nitrogen and oxygen atoms in total. The minimum absolute atomic E-state index is 0.144. The molecule has 110 valence electrons. The first-order valence-electron chi connectivity index (χ1n) is 6.67. The van der Waals surface area contributed by atoms with E-state index in [1.54, 1.807) is 0 Å². The number of hydrogen-bond donors (Lipinski definition) is 0. The van der Waals surface area contributed by atoms with Crippen LogP contribution in [-0.2, 0) is 12.8 Å². The first kappa shape index (κ1) is 13.9. The Hall–Kier alpha value is -2.11. The molecule has 2 aromatic rings. The Bertz CT molecular complexity index is 656. The Kier molecular flexibility index (Phi) is 3.53. The van der Waals surface area contributed by atoms with Gasteiger partial charge in [-0.05, 0) is 24.1 Å². The number of ether oxygens (including phenoxy) is 1. The van der Waals surface area contributed by atoms with Crippen molar-refractivity contribution >= 4 is 0 Å². The summed E-state index contributed by atoms with van der Waals surface area (Å²) >= 11 is 0. The van der Waals surface area contributed by atoms with Crippen LogP contribution in [0.4, 0.5) is 13.2 Å². The molecule has 1 aliphatic heterocycles. The van der Waals surface area contributed by atoms with Gasteiger partial charge in [-0.25, -0.2) is 9.97 Å². The Morgan fingerprint density at radius 1 is 1.19 bits per heavy atom. The highest BCUT2D eigenvalue weighted by atomic mass is 19.4. The maximum Gasteiger partial charge on any atom is 0.389 e. The van der Waals surface area contributed by atoms with Gasteiger partial charge in [-0.2, -0.15) is 13.2 Å². The Morgan fingerprint density at radius 3 is 2.86 bits per heavy atom. The molecule has 0 saturated carbocycles. The van der Waals surface area contributed by atoms with Gasteiger partial charge >= 0.3 is 6.18 Å². The quantitative estimate of drug-likeness (QED) is 0.868. The van der Waals surface area contributed by atoms with Gasteiger partial charge in [0.1, 0.15) is 5.75 Å². The Morgan fingerprint density at radius 2 is 2.05 bits per heavy atom. The van der Waals surface area contributed by atoms with Crippen molar-refractivity contribution in [1.29, 1.82) is 0 Å². The molecule has 0 aliphatic carbocycles. The van der Waals surface area contributed by atoms with Crippen LogP contribution in [0.2, 0.25) is 0 Å². The second-order valence-electron chi connectivity index (χ2n) is 4.88. The van der Waals surface area contributed by atoms with Crippen LogP contribution in [0.15, 0.2) is 30.5 Å². The second-order valence-corrected chi connectivity index (χ2v) is 4.88. The minimum Gasteiger partial charge on any atom is -0.492 e. The van der Waals surface area contributed by atoms with E-state index in [0.29, 0.717) is 18.1 Å². The second kappa shape index (κ2) is 5.35. The van der Waals surface area contributed by atoms with E-state index in [9.17, 15) is 13.2 Å². The zero-order valence-electron chi connectivity index (χ0n) is 11.2. The number of halogens is 3. The number of hydrogen-bond acceptors (Lipinski definition) is 3. The monoisotopic (exact) mass is 294 g/mol. The molecular formula is C15H13F3N2O. The standard InChI is InChI=1S/C15H13F3N2O/c16-15(17,18)7-4-11-5-8-19-14(20-11)12-3-1-2-10-6-9-21-13(10)12/h1-3,5,8H,4,6-7,9H2. The highest BCUT2D eigenvalue weighted by Gasteiger charge is 2.27. The van der Waals surface area contributed by atoms with Gasteiger partial charge in [0, 0.05) is 24.7 Å². The number of benzene rings is 1. The van der Waals surface area contributed by atoms with E-state index in [1.165, 1.54) is 12.3 Å². The van der Waals surface area contributed by atoms with Gasteiger partial charge in [0.2, 0.25) is 0 Å². The molecule has 6 heteroatoms. The third-order valence-electron chi connectivity index (χ3n) is 3.33. The molecule has 0 radical (unpaired) electrons. The summed E-state index contributed by atoms with van der Waals surface area (Å²) in [7, 11) is 0. The summed E-state index contributed by atoms with van der Waals surface area (Å²) in [6.45, 7) is 0.611. The summed E-state index contributed by atoms with van der Waals surface area (Å²) in [5, 5.41) is 0. The molecular weight excluding hydrogens is 281 g/mol. The molecule has 0 amide bonds. The predicted octanol–water partition coefficient (Wildman–Crippen LogP) is 3.57. The number of rotatable bonds is 3. The van der Waals surface area contributed by atoms with Gasteiger partial charge in [-0.15, -0.1) is 0 Å². The van der Waals surface area contributed by atoms with Crippen molar-refractivity contribution in [1.82, 2.24) is 9.97 Å². The van der Waals surface area contributed by atoms with E-state index in [0.717, 1.165) is 23.3 Å². The lowest BCUT2D eigenvalue weighted by Crippen LogP contribution is -2.09. The van der Waals surface area contributed by atoms with E-state index in [4.69, 9.17) is 4.74 Å². The maximum atomic E-state index is 12.3. The van der Waals surface area contributed by atoms with E-state index in [2.05, 4.69) is 9.97 Å². The normalized spacial score (nSPS) is 13.9. The number of fused-ring (bicyclic) bond motifs is 1. The fraction of sp³-hybridized carbons (Fsp3) is 0.333. The number of alkyl halides is 3. The van der Waals surface area contributed by atoms with Gasteiger partial charge in [-0.3, -0.25) is 0 Å². The van der Waals surface area contributed by atoms with Gasteiger partial charge in [-0.1, -0.05) is 12.1 Å². The van der Waals surface area contributed by atoms with Gasteiger partial charge < -0.3 is 4.74 Å².